The summed E-state index contributed by atoms with van der Waals surface area (Å²) in [7, 11) is 1.76. The van der Waals surface area contributed by atoms with Gasteiger partial charge in [0.1, 0.15) is 12.4 Å². The lowest BCUT2D eigenvalue weighted by Crippen LogP contribution is -2.31. The number of carbonyl (C=O) groups is 1. The fraction of sp³-hybridized carbons (Fsp3) is 0.375. The number of likely N-dealkylation sites (N-methyl/N-ethyl adjacent to an activating group) is 1. The van der Waals surface area contributed by atoms with Crippen LogP contribution in [0.2, 0.25) is 0 Å². The Morgan fingerprint density at radius 3 is 2.62 bits per heavy atom. The molecule has 0 saturated carbocycles. The minimum Gasteiger partial charge on any atom is -0.491 e. The van der Waals surface area contributed by atoms with Gasteiger partial charge in [0.2, 0.25) is 0 Å². The van der Waals surface area contributed by atoms with Crippen molar-refractivity contribution in [1.29, 1.82) is 0 Å². The molecule has 0 aliphatic rings. The molecule has 0 saturated heterocycles. The first-order valence-corrected chi connectivity index (χ1v) is 6.96. The van der Waals surface area contributed by atoms with Crippen LogP contribution in [-0.2, 0) is 0 Å². The summed E-state index contributed by atoms with van der Waals surface area (Å²) in [5.74, 6) is 0.760. The first-order chi connectivity index (χ1) is 10.0. The smallest absolute Gasteiger partial charge is 0.274 e. The van der Waals surface area contributed by atoms with E-state index in [0.29, 0.717) is 18.8 Å². The molecule has 0 aliphatic carbocycles. The van der Waals surface area contributed by atoms with E-state index in [4.69, 9.17) is 4.74 Å². The Morgan fingerprint density at radius 2 is 2.00 bits per heavy atom. The largest absolute Gasteiger partial charge is 0.491 e. The van der Waals surface area contributed by atoms with Gasteiger partial charge >= 0.3 is 0 Å². The van der Waals surface area contributed by atoms with Crippen molar-refractivity contribution in [2.24, 2.45) is 0 Å². The van der Waals surface area contributed by atoms with Gasteiger partial charge in [-0.1, -0.05) is 18.2 Å². The summed E-state index contributed by atoms with van der Waals surface area (Å²) in [4.78, 5) is 13.9. The number of para-hydroxylation sites is 1. The molecule has 0 fully saturated rings. The zero-order valence-corrected chi connectivity index (χ0v) is 12.9. The number of carbonyl (C=O) groups excluding carboxylic acids is 1. The Balaban J connectivity index is 1.90. The Kier molecular flexibility index (Phi) is 4.62. The van der Waals surface area contributed by atoms with E-state index in [0.717, 1.165) is 22.6 Å². The standard InChI is InChI=1S/C16H21N3O2/c1-11-7-5-6-8-14(11)21-10-9-19(4)16(20)15-12(2)13(3)17-18-15/h5-8H,9-10H2,1-4H3,(H,17,18). The third kappa shape index (κ3) is 3.42. The Hall–Kier alpha value is -2.30. The highest BCUT2D eigenvalue weighted by Gasteiger charge is 2.18. The maximum absolute atomic E-state index is 12.3. The minimum atomic E-state index is -0.0924. The van der Waals surface area contributed by atoms with Crippen molar-refractivity contribution in [3.8, 4) is 5.75 Å². The third-order valence-electron chi connectivity index (χ3n) is 3.58. The topological polar surface area (TPSA) is 58.2 Å². The van der Waals surface area contributed by atoms with Gasteiger partial charge in [-0.3, -0.25) is 9.89 Å². The van der Waals surface area contributed by atoms with Gasteiger partial charge in [-0.05, 0) is 32.4 Å². The van der Waals surface area contributed by atoms with Gasteiger partial charge in [-0.2, -0.15) is 5.10 Å². The molecular formula is C16H21N3O2. The fourth-order valence-electron chi connectivity index (χ4n) is 1.99. The van der Waals surface area contributed by atoms with Gasteiger partial charge in [-0.15, -0.1) is 0 Å². The Morgan fingerprint density at radius 1 is 1.29 bits per heavy atom. The number of aromatic nitrogens is 2. The van der Waals surface area contributed by atoms with E-state index in [-0.39, 0.29) is 5.91 Å². The van der Waals surface area contributed by atoms with E-state index in [1.54, 1.807) is 11.9 Å². The molecule has 0 radical (unpaired) electrons. The van der Waals surface area contributed by atoms with Gasteiger partial charge in [0.05, 0.1) is 6.54 Å². The number of nitrogens with one attached hydrogen (secondary N) is 1. The average molecular weight is 287 g/mol. The van der Waals surface area contributed by atoms with E-state index in [9.17, 15) is 4.79 Å². The SMILES string of the molecule is Cc1ccccc1OCCN(C)C(=O)c1n[nH]c(C)c1C. The summed E-state index contributed by atoms with van der Waals surface area (Å²) in [6, 6.07) is 7.84. The lowest BCUT2D eigenvalue weighted by Gasteiger charge is -2.17. The van der Waals surface area contributed by atoms with Crippen LogP contribution >= 0.6 is 0 Å². The molecule has 1 aromatic carbocycles. The Bertz CT molecular complexity index is 634. The molecule has 0 aliphatic heterocycles. The van der Waals surface area contributed by atoms with Crippen molar-refractivity contribution in [3.63, 3.8) is 0 Å². The van der Waals surface area contributed by atoms with Crippen molar-refractivity contribution in [3.05, 3.63) is 46.8 Å². The molecule has 5 heteroatoms. The van der Waals surface area contributed by atoms with Crippen molar-refractivity contribution >= 4 is 5.91 Å². The summed E-state index contributed by atoms with van der Waals surface area (Å²) < 4.78 is 5.71. The van der Waals surface area contributed by atoms with Crippen LogP contribution in [0.3, 0.4) is 0 Å². The number of hydrogen-bond acceptors (Lipinski definition) is 3. The highest BCUT2D eigenvalue weighted by atomic mass is 16.5. The summed E-state index contributed by atoms with van der Waals surface area (Å²) >= 11 is 0. The zero-order valence-electron chi connectivity index (χ0n) is 12.9. The molecule has 1 heterocycles. The van der Waals surface area contributed by atoms with Gasteiger partial charge in [0, 0.05) is 18.3 Å². The molecule has 0 unspecified atom stereocenters. The molecule has 5 nitrogen and oxygen atoms in total. The van der Waals surface area contributed by atoms with Gasteiger partial charge < -0.3 is 9.64 Å². The molecule has 2 rings (SSSR count). The second kappa shape index (κ2) is 6.43. The summed E-state index contributed by atoms with van der Waals surface area (Å²) in [5, 5.41) is 6.89. The first-order valence-electron chi connectivity index (χ1n) is 6.96. The number of amides is 1. The lowest BCUT2D eigenvalue weighted by atomic mass is 10.2. The van der Waals surface area contributed by atoms with E-state index in [1.807, 2.05) is 45.0 Å². The van der Waals surface area contributed by atoms with Crippen LogP contribution in [0.5, 0.6) is 5.75 Å². The maximum Gasteiger partial charge on any atom is 0.274 e. The molecule has 2 aromatic rings. The highest BCUT2D eigenvalue weighted by Crippen LogP contribution is 2.16. The van der Waals surface area contributed by atoms with Gasteiger partial charge in [0.25, 0.3) is 5.91 Å². The number of nitrogens with zero attached hydrogens (tertiary/aromatic N) is 2. The monoisotopic (exact) mass is 287 g/mol. The number of aromatic amines is 1. The second-order valence-electron chi connectivity index (χ2n) is 5.16. The number of hydrogen-bond donors (Lipinski definition) is 1. The van der Waals surface area contributed by atoms with Crippen molar-refractivity contribution in [2.45, 2.75) is 20.8 Å². The van der Waals surface area contributed by atoms with E-state index >= 15 is 0 Å². The average Bonchev–Trinajstić information content (AvgIpc) is 2.80. The number of ether oxygens (including phenoxy) is 1. The highest BCUT2D eigenvalue weighted by molar-refractivity contribution is 5.93. The molecule has 21 heavy (non-hydrogen) atoms. The van der Waals surface area contributed by atoms with E-state index in [1.165, 1.54) is 0 Å². The lowest BCUT2D eigenvalue weighted by molar-refractivity contribution is 0.0767. The minimum absolute atomic E-state index is 0.0924. The number of H-pyrrole nitrogens is 1. The predicted molar refractivity (Wildman–Crippen MR) is 81.7 cm³/mol. The summed E-state index contributed by atoms with van der Waals surface area (Å²) in [5.41, 5.74) is 3.38. The first kappa shape index (κ1) is 15.1. The van der Waals surface area contributed by atoms with Crippen LogP contribution in [0.1, 0.15) is 27.3 Å². The fourth-order valence-corrected chi connectivity index (χ4v) is 1.99. The van der Waals surface area contributed by atoms with Gasteiger partial charge in [-0.25, -0.2) is 0 Å². The molecule has 1 aromatic heterocycles. The summed E-state index contributed by atoms with van der Waals surface area (Å²) in [6.07, 6.45) is 0. The molecule has 0 spiro atoms. The van der Waals surface area contributed by atoms with Crippen LogP contribution in [0.4, 0.5) is 0 Å². The van der Waals surface area contributed by atoms with Crippen molar-refractivity contribution in [1.82, 2.24) is 15.1 Å². The van der Waals surface area contributed by atoms with Crippen LogP contribution in [-0.4, -0.2) is 41.2 Å². The normalized spacial score (nSPS) is 10.5. The number of rotatable bonds is 5. The van der Waals surface area contributed by atoms with Crippen molar-refractivity contribution in [2.75, 3.05) is 20.2 Å². The van der Waals surface area contributed by atoms with Crippen LogP contribution in [0.15, 0.2) is 24.3 Å². The second-order valence-corrected chi connectivity index (χ2v) is 5.16. The van der Waals surface area contributed by atoms with Crippen LogP contribution < -0.4 is 4.74 Å². The number of aryl methyl sites for hydroxylation is 2. The molecular weight excluding hydrogens is 266 g/mol. The molecule has 0 bridgehead atoms. The quantitative estimate of drug-likeness (QED) is 0.919. The summed E-state index contributed by atoms with van der Waals surface area (Å²) in [6.45, 7) is 6.76. The maximum atomic E-state index is 12.3. The molecule has 1 amide bonds. The van der Waals surface area contributed by atoms with E-state index < -0.39 is 0 Å². The van der Waals surface area contributed by atoms with Crippen LogP contribution in [0, 0.1) is 20.8 Å². The third-order valence-corrected chi connectivity index (χ3v) is 3.58. The number of benzene rings is 1. The van der Waals surface area contributed by atoms with E-state index in [2.05, 4.69) is 10.2 Å². The zero-order chi connectivity index (χ0) is 15.4. The molecule has 0 atom stereocenters. The van der Waals surface area contributed by atoms with Gasteiger partial charge in [0.15, 0.2) is 5.69 Å². The molecule has 112 valence electrons. The predicted octanol–water partition coefficient (Wildman–Crippen LogP) is 2.49. The Labute approximate surface area is 124 Å². The van der Waals surface area contributed by atoms with Crippen LogP contribution in [0.25, 0.3) is 0 Å². The molecule has 1 N–H and O–H groups in total. The van der Waals surface area contributed by atoms with Crippen molar-refractivity contribution < 1.29 is 9.53 Å².